The minimum absolute atomic E-state index is 0.188. The topological polar surface area (TPSA) is 59.7 Å². The van der Waals surface area contributed by atoms with Crippen LogP contribution in [0.5, 0.6) is 5.75 Å². The van der Waals surface area contributed by atoms with E-state index in [0.717, 1.165) is 24.2 Å². The van der Waals surface area contributed by atoms with Gasteiger partial charge in [-0.15, -0.1) is 0 Å². The molecule has 1 saturated heterocycles. The van der Waals surface area contributed by atoms with Crippen LogP contribution in [0.15, 0.2) is 48.7 Å². The van der Waals surface area contributed by atoms with Gasteiger partial charge in [-0.05, 0) is 51.6 Å². The summed E-state index contributed by atoms with van der Waals surface area (Å²) in [7, 11) is 2.02. The van der Waals surface area contributed by atoms with Crippen LogP contribution in [0.3, 0.4) is 0 Å². The quantitative estimate of drug-likeness (QED) is 0.235. The van der Waals surface area contributed by atoms with Crippen LogP contribution < -0.4 is 14.4 Å². The minimum atomic E-state index is -0.465. The zero-order valence-electron chi connectivity index (χ0n) is 20.0. The molecule has 0 radical (unpaired) electrons. The molecule has 0 bridgehead atoms. The van der Waals surface area contributed by atoms with Crippen molar-refractivity contribution in [2.24, 2.45) is 0 Å². The number of nitrogens with zero attached hydrogens (tertiary/aromatic N) is 3. The third-order valence-corrected chi connectivity index (χ3v) is 5.96. The Labute approximate surface area is 199 Å². The standard InChI is InChI=1S/C27H30FN3O3/c1-18(2)34-27-25-21(16-23(28)26(27)30-13-11-29(4)12-14-30)15-22(17-31(25)33)24(32)10-9-20-7-5-19(3)6-8-20/h5-10,15-18H,11-14H2,1-4H3. The zero-order valence-corrected chi connectivity index (χ0v) is 20.0. The Morgan fingerprint density at radius 3 is 2.47 bits per heavy atom. The van der Waals surface area contributed by atoms with Crippen LogP contribution in [0, 0.1) is 17.9 Å². The Morgan fingerprint density at radius 2 is 1.82 bits per heavy atom. The van der Waals surface area contributed by atoms with E-state index in [1.165, 1.54) is 18.3 Å². The van der Waals surface area contributed by atoms with Crippen molar-refractivity contribution >= 4 is 28.4 Å². The van der Waals surface area contributed by atoms with Crippen molar-refractivity contribution < 1.29 is 18.7 Å². The highest BCUT2D eigenvalue weighted by Gasteiger charge is 2.29. The van der Waals surface area contributed by atoms with Gasteiger partial charge in [0.05, 0.1) is 17.1 Å². The number of rotatable bonds is 6. The molecule has 4 rings (SSSR count). The smallest absolute Gasteiger partial charge is 0.268 e. The SMILES string of the molecule is Cc1ccc(C=CC(=O)c2cc3cc(F)c(N4CCN(C)CC4)c(OC(C)C)c3[n+]([O-])c2)cc1. The van der Waals surface area contributed by atoms with Gasteiger partial charge in [0, 0.05) is 26.2 Å². The first-order chi connectivity index (χ1) is 16.2. The Balaban J connectivity index is 1.75. The summed E-state index contributed by atoms with van der Waals surface area (Å²) in [5.74, 6) is -0.576. The number of carbonyl (C=O) groups is 1. The maximum Gasteiger partial charge on any atom is 0.268 e. The van der Waals surface area contributed by atoms with Gasteiger partial charge in [-0.2, -0.15) is 4.73 Å². The highest BCUT2D eigenvalue weighted by molar-refractivity contribution is 6.08. The predicted octanol–water partition coefficient (Wildman–Crippen LogP) is 4.36. The number of carbonyl (C=O) groups excluding carboxylic acids is 1. The molecular weight excluding hydrogens is 433 g/mol. The van der Waals surface area contributed by atoms with Crippen molar-refractivity contribution in [2.75, 3.05) is 38.1 Å². The first kappa shape index (κ1) is 23.7. The second-order valence-electron chi connectivity index (χ2n) is 9.09. The molecular formula is C27H30FN3O3. The molecule has 0 aliphatic carbocycles. The summed E-state index contributed by atoms with van der Waals surface area (Å²) in [6.45, 7) is 8.51. The lowest BCUT2D eigenvalue weighted by Gasteiger charge is -2.35. The van der Waals surface area contributed by atoms with E-state index in [1.54, 1.807) is 12.1 Å². The molecule has 3 aromatic rings. The Kier molecular flexibility index (Phi) is 6.84. The van der Waals surface area contributed by atoms with E-state index >= 15 is 4.39 Å². The van der Waals surface area contributed by atoms with E-state index in [4.69, 9.17) is 4.74 Å². The van der Waals surface area contributed by atoms with Crippen molar-refractivity contribution in [3.05, 3.63) is 76.4 Å². The number of piperazine rings is 1. The van der Waals surface area contributed by atoms with Crippen molar-refractivity contribution in [1.29, 1.82) is 0 Å². The number of ether oxygens (including phenoxy) is 1. The number of likely N-dealkylation sites (N-methyl/N-ethyl adjacent to an activating group) is 1. The fraction of sp³-hybridized carbons (Fsp3) is 0.333. The number of aromatic nitrogens is 1. The first-order valence-electron chi connectivity index (χ1n) is 11.5. The van der Waals surface area contributed by atoms with Crippen LogP contribution in [0.2, 0.25) is 0 Å². The van der Waals surface area contributed by atoms with Gasteiger partial charge in [0.2, 0.25) is 5.75 Å². The predicted molar refractivity (Wildman–Crippen MR) is 133 cm³/mol. The molecule has 178 valence electrons. The molecule has 0 amide bonds. The lowest BCUT2D eigenvalue weighted by Crippen LogP contribution is -2.45. The Hall–Kier alpha value is -3.45. The lowest BCUT2D eigenvalue weighted by atomic mass is 10.1. The number of ketones is 1. The number of hydrogen-bond donors (Lipinski definition) is 0. The van der Waals surface area contributed by atoms with Crippen molar-refractivity contribution in [2.45, 2.75) is 26.9 Å². The summed E-state index contributed by atoms with van der Waals surface area (Å²) in [5.41, 5.74) is 2.72. The molecule has 0 unspecified atom stereocenters. The molecule has 0 spiro atoms. The fourth-order valence-corrected chi connectivity index (χ4v) is 4.11. The summed E-state index contributed by atoms with van der Waals surface area (Å²) < 4.78 is 22.1. The third kappa shape index (κ3) is 5.04. The molecule has 0 saturated carbocycles. The van der Waals surface area contributed by atoms with E-state index in [2.05, 4.69) is 4.90 Å². The Bertz CT molecular complexity index is 1230. The fourth-order valence-electron chi connectivity index (χ4n) is 4.11. The normalized spacial score (nSPS) is 14.9. The van der Waals surface area contributed by atoms with Crippen molar-refractivity contribution in [3.8, 4) is 5.75 Å². The van der Waals surface area contributed by atoms with Gasteiger partial charge in [0.25, 0.3) is 5.52 Å². The second kappa shape index (κ2) is 9.81. The lowest BCUT2D eigenvalue weighted by molar-refractivity contribution is -0.577. The molecule has 0 atom stereocenters. The second-order valence-corrected chi connectivity index (χ2v) is 9.09. The van der Waals surface area contributed by atoms with Gasteiger partial charge in [-0.25, -0.2) is 4.39 Å². The largest absolute Gasteiger partial charge is 0.618 e. The van der Waals surface area contributed by atoms with Gasteiger partial charge in [0.1, 0.15) is 5.69 Å². The van der Waals surface area contributed by atoms with E-state index < -0.39 is 5.82 Å². The number of halogens is 1. The van der Waals surface area contributed by atoms with Crippen LogP contribution >= 0.6 is 0 Å². The number of pyridine rings is 1. The third-order valence-electron chi connectivity index (χ3n) is 5.96. The summed E-state index contributed by atoms with van der Waals surface area (Å²) in [6.07, 6.45) is 4.11. The van der Waals surface area contributed by atoms with Gasteiger partial charge in [-0.1, -0.05) is 35.9 Å². The number of fused-ring (bicyclic) bond motifs is 1. The summed E-state index contributed by atoms with van der Waals surface area (Å²) >= 11 is 0. The average molecular weight is 464 g/mol. The average Bonchev–Trinajstić information content (AvgIpc) is 2.78. The number of hydrogen-bond acceptors (Lipinski definition) is 5. The molecule has 1 fully saturated rings. The summed E-state index contributed by atoms with van der Waals surface area (Å²) in [6, 6.07) is 10.6. The summed E-state index contributed by atoms with van der Waals surface area (Å²) in [5, 5.41) is 13.5. The van der Waals surface area contributed by atoms with Crippen molar-refractivity contribution in [1.82, 2.24) is 4.90 Å². The monoisotopic (exact) mass is 463 g/mol. The highest BCUT2D eigenvalue weighted by Crippen LogP contribution is 2.38. The van der Waals surface area contributed by atoms with Gasteiger partial charge >= 0.3 is 0 Å². The number of allylic oxidation sites excluding steroid dienone is 1. The molecule has 0 N–H and O–H groups in total. The number of anilines is 1. The Morgan fingerprint density at radius 1 is 1.15 bits per heavy atom. The van der Waals surface area contributed by atoms with E-state index in [1.807, 2.05) is 57.0 Å². The van der Waals surface area contributed by atoms with Crippen LogP contribution in [-0.4, -0.2) is 50.0 Å². The molecule has 7 heteroatoms. The molecule has 2 aromatic carbocycles. The van der Waals surface area contributed by atoms with E-state index in [0.29, 0.717) is 28.9 Å². The van der Waals surface area contributed by atoms with Crippen LogP contribution in [0.25, 0.3) is 17.0 Å². The van der Waals surface area contributed by atoms with Gasteiger partial charge in [-0.3, -0.25) is 4.79 Å². The molecule has 34 heavy (non-hydrogen) atoms. The zero-order chi connectivity index (χ0) is 24.4. The molecule has 2 heterocycles. The van der Waals surface area contributed by atoms with Crippen LogP contribution in [-0.2, 0) is 0 Å². The summed E-state index contributed by atoms with van der Waals surface area (Å²) in [4.78, 5) is 16.9. The highest BCUT2D eigenvalue weighted by atomic mass is 19.1. The first-order valence-corrected chi connectivity index (χ1v) is 11.5. The van der Waals surface area contributed by atoms with Crippen LogP contribution in [0.4, 0.5) is 10.1 Å². The van der Waals surface area contributed by atoms with Gasteiger partial charge in [0.15, 0.2) is 17.8 Å². The van der Waals surface area contributed by atoms with Gasteiger partial charge < -0.3 is 19.7 Å². The minimum Gasteiger partial charge on any atom is -0.618 e. The maximum absolute atomic E-state index is 15.4. The van der Waals surface area contributed by atoms with E-state index in [-0.39, 0.29) is 28.7 Å². The number of aryl methyl sites for hydroxylation is 1. The van der Waals surface area contributed by atoms with E-state index in [9.17, 15) is 10.0 Å². The molecule has 1 aliphatic heterocycles. The molecule has 1 aliphatic rings. The van der Waals surface area contributed by atoms with Crippen LogP contribution in [0.1, 0.15) is 35.3 Å². The number of benzene rings is 2. The van der Waals surface area contributed by atoms with Crippen molar-refractivity contribution in [3.63, 3.8) is 0 Å². The maximum atomic E-state index is 15.4. The molecule has 1 aromatic heterocycles. The molecule has 6 nitrogen and oxygen atoms in total.